The molecule has 2 aromatic carbocycles. The van der Waals surface area contributed by atoms with Crippen LogP contribution >= 0.6 is 0 Å². The van der Waals surface area contributed by atoms with E-state index in [0.29, 0.717) is 29.9 Å². The number of amides is 3. The van der Waals surface area contributed by atoms with E-state index in [1.165, 1.54) is 0 Å². The van der Waals surface area contributed by atoms with Crippen molar-refractivity contribution in [3.63, 3.8) is 0 Å². The van der Waals surface area contributed by atoms with Gasteiger partial charge in [-0.3, -0.25) is 14.4 Å². The van der Waals surface area contributed by atoms with Crippen molar-refractivity contribution in [2.75, 3.05) is 25.0 Å². The number of carbonyl (C=O) groups is 3. The number of carbonyl (C=O) groups excluding carboxylic acids is 3. The summed E-state index contributed by atoms with van der Waals surface area (Å²) < 4.78 is 0. The molecule has 0 radical (unpaired) electrons. The highest BCUT2D eigenvalue weighted by atomic mass is 16.2. The lowest BCUT2D eigenvalue weighted by atomic mass is 10.1. The van der Waals surface area contributed by atoms with Crippen LogP contribution in [0.4, 0.5) is 5.69 Å². The minimum atomic E-state index is -0.226. The standard InChI is InChI=1S/C21H25N3O3/c1-3-24(4-2)21(27)17-11-8-12-18(15-17)23-19(25)13-14-22-20(26)16-9-6-5-7-10-16/h5-12,15H,3-4,13-14H2,1-2H3,(H,22,26)(H,23,25). The Labute approximate surface area is 159 Å². The minimum Gasteiger partial charge on any atom is -0.352 e. The summed E-state index contributed by atoms with van der Waals surface area (Å²) in [7, 11) is 0. The maximum absolute atomic E-state index is 12.4. The van der Waals surface area contributed by atoms with Crippen molar-refractivity contribution in [3.8, 4) is 0 Å². The van der Waals surface area contributed by atoms with Crippen molar-refractivity contribution >= 4 is 23.4 Å². The average Bonchev–Trinajstić information content (AvgIpc) is 2.69. The van der Waals surface area contributed by atoms with E-state index in [1.54, 1.807) is 53.4 Å². The zero-order valence-corrected chi connectivity index (χ0v) is 15.7. The Morgan fingerprint density at radius 2 is 1.56 bits per heavy atom. The van der Waals surface area contributed by atoms with E-state index >= 15 is 0 Å². The monoisotopic (exact) mass is 367 g/mol. The summed E-state index contributed by atoms with van der Waals surface area (Å²) in [5.74, 6) is -0.503. The topological polar surface area (TPSA) is 78.5 Å². The number of nitrogens with one attached hydrogen (secondary N) is 2. The predicted octanol–water partition coefficient (Wildman–Crippen LogP) is 2.93. The predicted molar refractivity (Wildman–Crippen MR) is 106 cm³/mol. The van der Waals surface area contributed by atoms with Gasteiger partial charge in [0.1, 0.15) is 0 Å². The number of hydrogen-bond donors (Lipinski definition) is 2. The third-order valence-corrected chi connectivity index (χ3v) is 4.12. The molecule has 2 rings (SSSR count). The van der Waals surface area contributed by atoms with Crippen molar-refractivity contribution in [1.82, 2.24) is 10.2 Å². The van der Waals surface area contributed by atoms with Crippen LogP contribution in [0.25, 0.3) is 0 Å². The molecule has 0 saturated carbocycles. The molecule has 0 aromatic heterocycles. The highest BCUT2D eigenvalue weighted by molar-refractivity contribution is 5.97. The molecule has 6 heteroatoms. The largest absolute Gasteiger partial charge is 0.352 e. The molecule has 0 unspecified atom stereocenters. The third kappa shape index (κ3) is 5.95. The minimum absolute atomic E-state index is 0.0637. The molecule has 27 heavy (non-hydrogen) atoms. The molecule has 0 fully saturated rings. The summed E-state index contributed by atoms with van der Waals surface area (Å²) in [5.41, 5.74) is 1.65. The van der Waals surface area contributed by atoms with Crippen LogP contribution in [0.3, 0.4) is 0 Å². The smallest absolute Gasteiger partial charge is 0.253 e. The van der Waals surface area contributed by atoms with Gasteiger partial charge in [-0.05, 0) is 44.2 Å². The summed E-state index contributed by atoms with van der Waals surface area (Å²) in [6, 6.07) is 15.7. The number of hydrogen-bond acceptors (Lipinski definition) is 3. The van der Waals surface area contributed by atoms with Crippen LogP contribution in [0.5, 0.6) is 0 Å². The molecule has 0 saturated heterocycles. The Balaban J connectivity index is 1.86. The molecule has 6 nitrogen and oxygen atoms in total. The van der Waals surface area contributed by atoms with Gasteiger partial charge in [0.25, 0.3) is 11.8 Å². The van der Waals surface area contributed by atoms with Gasteiger partial charge < -0.3 is 15.5 Å². The fourth-order valence-corrected chi connectivity index (χ4v) is 2.63. The van der Waals surface area contributed by atoms with Crippen LogP contribution < -0.4 is 10.6 Å². The molecule has 3 amide bonds. The SMILES string of the molecule is CCN(CC)C(=O)c1cccc(NC(=O)CCNC(=O)c2ccccc2)c1. The highest BCUT2D eigenvalue weighted by Crippen LogP contribution is 2.13. The Bertz CT molecular complexity index is 786. The number of rotatable bonds is 8. The van der Waals surface area contributed by atoms with Crippen LogP contribution in [0.1, 0.15) is 41.0 Å². The van der Waals surface area contributed by atoms with Crippen molar-refractivity contribution in [3.05, 3.63) is 65.7 Å². The molecule has 0 bridgehead atoms. The first-order valence-electron chi connectivity index (χ1n) is 9.07. The molecular formula is C21H25N3O3. The van der Waals surface area contributed by atoms with Crippen LogP contribution in [-0.2, 0) is 4.79 Å². The molecule has 0 aliphatic carbocycles. The number of anilines is 1. The van der Waals surface area contributed by atoms with Crippen LogP contribution in [-0.4, -0.2) is 42.3 Å². The molecule has 0 aliphatic rings. The quantitative estimate of drug-likeness (QED) is 0.753. The van der Waals surface area contributed by atoms with Crippen LogP contribution in [0.2, 0.25) is 0 Å². The Morgan fingerprint density at radius 1 is 0.889 bits per heavy atom. The first kappa shape index (κ1) is 20.2. The Morgan fingerprint density at radius 3 is 2.22 bits per heavy atom. The average molecular weight is 367 g/mol. The van der Waals surface area contributed by atoms with Gasteiger partial charge in [-0.15, -0.1) is 0 Å². The van der Waals surface area contributed by atoms with E-state index in [4.69, 9.17) is 0 Å². The van der Waals surface area contributed by atoms with Gasteiger partial charge in [-0.2, -0.15) is 0 Å². The van der Waals surface area contributed by atoms with E-state index in [-0.39, 0.29) is 30.7 Å². The summed E-state index contributed by atoms with van der Waals surface area (Å²) >= 11 is 0. The summed E-state index contributed by atoms with van der Waals surface area (Å²) in [6.45, 7) is 5.35. The molecule has 2 N–H and O–H groups in total. The normalized spacial score (nSPS) is 10.1. The highest BCUT2D eigenvalue weighted by Gasteiger charge is 2.13. The third-order valence-electron chi connectivity index (χ3n) is 4.12. The van der Waals surface area contributed by atoms with Gasteiger partial charge in [-0.1, -0.05) is 24.3 Å². The molecular weight excluding hydrogens is 342 g/mol. The van der Waals surface area contributed by atoms with Gasteiger partial charge in [0.05, 0.1) is 0 Å². The van der Waals surface area contributed by atoms with Gasteiger partial charge in [-0.25, -0.2) is 0 Å². The Kier molecular flexibility index (Phi) is 7.55. The van der Waals surface area contributed by atoms with Crippen molar-refractivity contribution in [2.24, 2.45) is 0 Å². The van der Waals surface area contributed by atoms with Crippen molar-refractivity contribution < 1.29 is 14.4 Å². The van der Waals surface area contributed by atoms with E-state index in [1.807, 2.05) is 19.9 Å². The lowest BCUT2D eigenvalue weighted by molar-refractivity contribution is -0.116. The zero-order valence-electron chi connectivity index (χ0n) is 15.7. The van der Waals surface area contributed by atoms with E-state index in [2.05, 4.69) is 10.6 Å². The van der Waals surface area contributed by atoms with Crippen LogP contribution in [0, 0.1) is 0 Å². The number of benzene rings is 2. The van der Waals surface area contributed by atoms with Crippen molar-refractivity contribution in [1.29, 1.82) is 0 Å². The fraction of sp³-hybridized carbons (Fsp3) is 0.286. The van der Waals surface area contributed by atoms with Crippen LogP contribution in [0.15, 0.2) is 54.6 Å². The van der Waals surface area contributed by atoms with Gasteiger partial charge in [0, 0.05) is 42.9 Å². The molecule has 2 aromatic rings. The summed E-state index contributed by atoms with van der Waals surface area (Å²) in [6.07, 6.45) is 0.146. The second kappa shape index (κ2) is 10.1. The molecule has 0 heterocycles. The summed E-state index contributed by atoms with van der Waals surface area (Å²) in [5, 5.41) is 5.48. The second-order valence-electron chi connectivity index (χ2n) is 5.98. The lowest BCUT2D eigenvalue weighted by Gasteiger charge is -2.19. The van der Waals surface area contributed by atoms with E-state index < -0.39 is 0 Å². The van der Waals surface area contributed by atoms with Gasteiger partial charge in [0.2, 0.25) is 5.91 Å². The fourth-order valence-electron chi connectivity index (χ4n) is 2.63. The van der Waals surface area contributed by atoms with Crippen molar-refractivity contribution in [2.45, 2.75) is 20.3 Å². The summed E-state index contributed by atoms with van der Waals surface area (Å²) in [4.78, 5) is 38.2. The number of nitrogens with zero attached hydrogens (tertiary/aromatic N) is 1. The molecule has 0 atom stereocenters. The molecule has 0 aliphatic heterocycles. The molecule has 142 valence electrons. The van der Waals surface area contributed by atoms with E-state index in [0.717, 1.165) is 0 Å². The molecule has 0 spiro atoms. The van der Waals surface area contributed by atoms with Gasteiger partial charge in [0.15, 0.2) is 0 Å². The second-order valence-corrected chi connectivity index (χ2v) is 5.98. The first-order chi connectivity index (χ1) is 13.0. The zero-order chi connectivity index (χ0) is 19.6. The van der Waals surface area contributed by atoms with E-state index in [9.17, 15) is 14.4 Å². The first-order valence-corrected chi connectivity index (χ1v) is 9.07. The lowest BCUT2D eigenvalue weighted by Crippen LogP contribution is -2.30. The maximum Gasteiger partial charge on any atom is 0.253 e. The van der Waals surface area contributed by atoms with Gasteiger partial charge >= 0.3 is 0 Å². The maximum atomic E-state index is 12.4. The Hall–Kier alpha value is -3.15.